The van der Waals surface area contributed by atoms with E-state index in [1.165, 1.54) is 7.11 Å². The van der Waals surface area contributed by atoms with Gasteiger partial charge in [0.1, 0.15) is 10.1 Å². The lowest BCUT2D eigenvalue weighted by molar-refractivity contribution is -0.141. The van der Waals surface area contributed by atoms with E-state index in [-0.39, 0.29) is 24.5 Å². The molecule has 2 atom stereocenters. The minimum atomic E-state index is -0.809. The van der Waals surface area contributed by atoms with E-state index in [0.29, 0.717) is 17.9 Å². The van der Waals surface area contributed by atoms with Crippen LogP contribution in [0.25, 0.3) is 21.8 Å². The van der Waals surface area contributed by atoms with Gasteiger partial charge in [-0.1, -0.05) is 24.3 Å². The summed E-state index contributed by atoms with van der Waals surface area (Å²) in [6.07, 6.45) is 0.411. The highest BCUT2D eigenvalue weighted by molar-refractivity contribution is 8.15. The number of ether oxygens (including phenoxy) is 1. The van der Waals surface area contributed by atoms with Crippen molar-refractivity contribution in [2.45, 2.75) is 24.9 Å². The molecule has 0 unspecified atom stereocenters. The third kappa shape index (κ3) is 6.07. The minimum absolute atomic E-state index is 0.00814. The van der Waals surface area contributed by atoms with Gasteiger partial charge in [0.15, 0.2) is 0 Å². The van der Waals surface area contributed by atoms with Gasteiger partial charge in [0, 0.05) is 22.3 Å². The Balaban J connectivity index is 0.000000158. The summed E-state index contributed by atoms with van der Waals surface area (Å²) in [5.41, 5.74) is 17.0. The van der Waals surface area contributed by atoms with Gasteiger partial charge < -0.3 is 31.3 Å². The number of carboxylic acid groups (broad SMARTS) is 1. The van der Waals surface area contributed by atoms with Gasteiger partial charge in [0.2, 0.25) is 0 Å². The summed E-state index contributed by atoms with van der Waals surface area (Å²) in [5, 5.41) is 12.7. The average Bonchev–Trinajstić information content (AvgIpc) is 3.70. The molecule has 39 heavy (non-hydrogen) atoms. The summed E-state index contributed by atoms with van der Waals surface area (Å²) in [6, 6.07) is 15.4. The number of aliphatic imine (C=N–C) groups is 2. The number of H-pyrrole nitrogens is 2. The van der Waals surface area contributed by atoms with Gasteiger partial charge in [-0.05, 0) is 24.3 Å². The van der Waals surface area contributed by atoms with Crippen molar-refractivity contribution in [3.8, 4) is 0 Å². The van der Waals surface area contributed by atoms with Crippen molar-refractivity contribution in [3.63, 3.8) is 0 Å². The number of nitrogen functional groups attached to an aromatic ring is 2. The Morgan fingerprint density at radius 2 is 1.38 bits per heavy atom. The maximum Gasteiger partial charge on any atom is 0.307 e. The summed E-state index contributed by atoms with van der Waals surface area (Å²) in [5.74, 6) is 0.486. The zero-order chi connectivity index (χ0) is 27.5. The Morgan fingerprint density at radius 1 is 0.897 bits per heavy atom. The molecular formula is C27H28N6O4S2. The number of nitrogens with one attached hydrogen (secondary N) is 2. The Morgan fingerprint density at radius 3 is 1.82 bits per heavy atom. The summed E-state index contributed by atoms with van der Waals surface area (Å²) < 4.78 is 4.68. The number of aromatic nitrogens is 2. The van der Waals surface area contributed by atoms with E-state index < -0.39 is 5.97 Å². The first kappa shape index (κ1) is 26.7. The first-order valence-corrected chi connectivity index (χ1v) is 14.2. The molecule has 202 valence electrons. The van der Waals surface area contributed by atoms with Crippen LogP contribution in [0.5, 0.6) is 0 Å². The quantitative estimate of drug-likeness (QED) is 0.171. The van der Waals surface area contributed by atoms with E-state index in [2.05, 4.69) is 24.7 Å². The lowest BCUT2D eigenvalue weighted by Crippen LogP contribution is -2.12. The maximum absolute atomic E-state index is 11.3. The first-order valence-electron chi connectivity index (χ1n) is 12.3. The second kappa shape index (κ2) is 11.5. The van der Waals surface area contributed by atoms with Gasteiger partial charge >= 0.3 is 11.9 Å². The van der Waals surface area contributed by atoms with Crippen molar-refractivity contribution in [1.29, 1.82) is 0 Å². The highest BCUT2D eigenvalue weighted by Gasteiger charge is 2.24. The highest BCUT2D eigenvalue weighted by Crippen LogP contribution is 2.30. The van der Waals surface area contributed by atoms with Crippen molar-refractivity contribution in [2.24, 2.45) is 9.98 Å². The van der Waals surface area contributed by atoms with Crippen molar-refractivity contribution in [1.82, 2.24) is 9.97 Å². The van der Waals surface area contributed by atoms with Crippen LogP contribution in [-0.2, 0) is 14.3 Å². The highest BCUT2D eigenvalue weighted by atomic mass is 32.2. The Hall–Kier alpha value is -3.90. The fourth-order valence-corrected chi connectivity index (χ4v) is 6.47. The number of hydrogen-bond acceptors (Lipinski definition) is 9. The van der Waals surface area contributed by atoms with E-state index >= 15 is 0 Å². The van der Waals surface area contributed by atoms with Gasteiger partial charge in [0.05, 0.1) is 65.8 Å². The number of esters is 1. The van der Waals surface area contributed by atoms with Crippen LogP contribution in [0.2, 0.25) is 0 Å². The van der Waals surface area contributed by atoms with Gasteiger partial charge in [-0.25, -0.2) is 0 Å². The number of para-hydroxylation sites is 2. The van der Waals surface area contributed by atoms with Crippen LogP contribution in [0.4, 0.5) is 11.4 Å². The van der Waals surface area contributed by atoms with Crippen LogP contribution in [0.1, 0.15) is 24.2 Å². The molecule has 7 N–H and O–H groups in total. The summed E-state index contributed by atoms with van der Waals surface area (Å²) >= 11 is 3.23. The molecule has 4 aromatic rings. The minimum Gasteiger partial charge on any atom is -0.481 e. The van der Waals surface area contributed by atoms with E-state index in [1.807, 2.05) is 48.5 Å². The molecule has 10 nitrogen and oxygen atoms in total. The third-order valence-electron chi connectivity index (χ3n) is 6.30. The van der Waals surface area contributed by atoms with E-state index in [1.54, 1.807) is 23.5 Å². The molecule has 2 aromatic heterocycles. The molecule has 0 fully saturated rings. The molecule has 2 aromatic carbocycles. The monoisotopic (exact) mass is 564 g/mol. The van der Waals surface area contributed by atoms with Crippen molar-refractivity contribution in [2.75, 3.05) is 30.1 Å². The molecule has 6 rings (SSSR count). The van der Waals surface area contributed by atoms with Crippen LogP contribution in [0.15, 0.2) is 58.5 Å². The molecule has 0 saturated carbocycles. The number of aromatic amines is 2. The van der Waals surface area contributed by atoms with Crippen LogP contribution in [-0.4, -0.2) is 67.8 Å². The number of aliphatic carboxylic acids is 1. The largest absolute Gasteiger partial charge is 0.481 e. The molecule has 0 spiro atoms. The van der Waals surface area contributed by atoms with Gasteiger partial charge in [-0.2, -0.15) is 0 Å². The lowest BCUT2D eigenvalue weighted by Gasteiger charge is -2.02. The summed E-state index contributed by atoms with van der Waals surface area (Å²) in [6.45, 7) is 0. The Labute approximate surface area is 232 Å². The molecule has 4 heterocycles. The third-order valence-corrected chi connectivity index (χ3v) is 8.60. The molecule has 0 radical (unpaired) electrons. The number of nitrogens with two attached hydrogens (primary N) is 2. The fourth-order valence-electron chi connectivity index (χ4n) is 4.40. The van der Waals surface area contributed by atoms with Crippen molar-refractivity contribution < 1.29 is 19.4 Å². The fraction of sp³-hybridized carbons (Fsp3) is 0.259. The molecule has 0 saturated heterocycles. The Kier molecular flexibility index (Phi) is 7.84. The summed E-state index contributed by atoms with van der Waals surface area (Å²) in [7, 11) is 1.40. The number of carboxylic acids is 1. The van der Waals surface area contributed by atoms with Gasteiger partial charge in [-0.3, -0.25) is 19.6 Å². The normalized spacial score (nSPS) is 18.5. The van der Waals surface area contributed by atoms with Gasteiger partial charge in [0.25, 0.3) is 0 Å². The molecule has 2 aliphatic rings. The van der Waals surface area contributed by atoms with Crippen LogP contribution in [0.3, 0.4) is 0 Å². The number of benzene rings is 2. The number of rotatable bonds is 6. The lowest BCUT2D eigenvalue weighted by atomic mass is 10.2. The predicted molar refractivity (Wildman–Crippen MR) is 160 cm³/mol. The second-order valence-electron chi connectivity index (χ2n) is 9.17. The van der Waals surface area contributed by atoms with E-state index in [9.17, 15) is 9.59 Å². The smallest absolute Gasteiger partial charge is 0.307 e. The number of hydrogen-bond donors (Lipinski definition) is 5. The number of carbonyl (C=O) groups is 2. The number of anilines is 2. The molecular weight excluding hydrogens is 536 g/mol. The number of fused-ring (bicyclic) bond motifs is 2. The number of methoxy groups -OCH3 is 1. The topological polar surface area (TPSA) is 172 Å². The predicted octanol–water partition coefficient (Wildman–Crippen LogP) is 4.26. The van der Waals surface area contributed by atoms with Crippen LogP contribution in [0, 0.1) is 0 Å². The van der Waals surface area contributed by atoms with E-state index in [0.717, 1.165) is 54.7 Å². The molecule has 0 aliphatic carbocycles. The van der Waals surface area contributed by atoms with Crippen molar-refractivity contribution in [3.05, 3.63) is 59.9 Å². The van der Waals surface area contributed by atoms with Gasteiger partial charge in [-0.15, -0.1) is 23.5 Å². The molecule has 2 aliphatic heterocycles. The number of nitrogens with zero attached hydrogens (tertiary/aromatic N) is 2. The maximum atomic E-state index is 11.3. The molecule has 12 heteroatoms. The first-order chi connectivity index (χ1) is 18.8. The SMILES string of the molecule is COC(=O)C[C@@H]1CSC(c2cc3cccc(N)c3[nH]2)=N1.Nc1cccc2cc(C3=N[C@H](CC(=O)O)CS3)[nH]c12. The zero-order valence-electron chi connectivity index (χ0n) is 21.1. The zero-order valence-corrected chi connectivity index (χ0v) is 22.8. The number of carbonyl (C=O) groups excluding carboxylic acids is 1. The standard InChI is InChI=1S/C14H15N3O2S.C13H13N3O2S/c1-19-12(18)6-9-7-20-14(16-9)11-5-8-3-2-4-10(15)13(8)17-11;14-9-3-1-2-7-4-10(16-12(7)9)13-15-8(6-19-13)5-11(17)18/h2-5,9,17H,6-7,15H2,1H3;1-4,8,16H,5-6,14H2,(H,17,18)/t9-;8-/m11/s1. The average molecular weight is 565 g/mol. The second-order valence-corrected chi connectivity index (χ2v) is 11.2. The van der Waals surface area contributed by atoms with Crippen LogP contribution >= 0.6 is 23.5 Å². The van der Waals surface area contributed by atoms with Crippen LogP contribution < -0.4 is 11.5 Å². The number of thioether (sulfide) groups is 2. The molecule has 0 amide bonds. The van der Waals surface area contributed by atoms with E-state index in [4.69, 9.17) is 16.6 Å². The summed E-state index contributed by atoms with van der Waals surface area (Å²) in [4.78, 5) is 37.5. The van der Waals surface area contributed by atoms with Crippen molar-refractivity contribution >= 4 is 78.7 Å². The Bertz CT molecular complexity index is 1610. The molecule has 0 bridgehead atoms.